The summed E-state index contributed by atoms with van der Waals surface area (Å²) in [5.74, 6) is 0.790. The van der Waals surface area contributed by atoms with Gasteiger partial charge in [-0.3, -0.25) is 0 Å². The lowest BCUT2D eigenvalue weighted by molar-refractivity contribution is 0.480. The van der Waals surface area contributed by atoms with Crippen LogP contribution in [0, 0.1) is 0 Å². The Morgan fingerprint density at radius 1 is 1.06 bits per heavy atom. The molecule has 0 unspecified atom stereocenters. The Hall–Kier alpha value is -1.39. The van der Waals surface area contributed by atoms with E-state index < -0.39 is 0 Å². The van der Waals surface area contributed by atoms with Crippen molar-refractivity contribution < 1.29 is 4.74 Å². The van der Waals surface area contributed by atoms with Crippen molar-refractivity contribution in [3.05, 3.63) is 53.0 Å². The second-order valence-corrected chi connectivity index (χ2v) is 5.42. The first-order valence-electron chi connectivity index (χ1n) is 5.10. The van der Waals surface area contributed by atoms with Gasteiger partial charge >= 0.3 is 0 Å². The number of nitrogens with zero attached hydrogens (tertiary/aromatic N) is 1. The summed E-state index contributed by atoms with van der Waals surface area (Å²) >= 11 is 4.96. The fourth-order valence-corrected chi connectivity index (χ4v) is 2.74. The molecule has 0 spiro atoms. The number of benzene rings is 2. The van der Waals surface area contributed by atoms with Gasteiger partial charge in [-0.05, 0) is 30.3 Å². The molecule has 84 valence electrons. The van der Waals surface area contributed by atoms with Crippen LogP contribution in [0.25, 0.3) is 10.2 Å². The van der Waals surface area contributed by atoms with Crippen LogP contribution >= 0.6 is 27.3 Å². The topological polar surface area (TPSA) is 22.1 Å². The van der Waals surface area contributed by atoms with E-state index in [2.05, 4.69) is 20.9 Å². The highest BCUT2D eigenvalue weighted by atomic mass is 79.9. The van der Waals surface area contributed by atoms with Crippen LogP contribution < -0.4 is 4.74 Å². The molecule has 0 aliphatic rings. The van der Waals surface area contributed by atoms with E-state index in [1.807, 2.05) is 48.5 Å². The standard InChI is InChI=1S/C13H8BrNOS/c14-9-4-3-5-10(8-9)16-13-15-11-6-1-2-7-12(11)17-13/h1-8H. The Balaban J connectivity index is 1.94. The van der Waals surface area contributed by atoms with Gasteiger partial charge in [-0.2, -0.15) is 0 Å². The van der Waals surface area contributed by atoms with Gasteiger partial charge in [0.15, 0.2) is 0 Å². The molecule has 0 fully saturated rings. The summed E-state index contributed by atoms with van der Waals surface area (Å²) < 4.78 is 7.85. The van der Waals surface area contributed by atoms with Gasteiger partial charge in [0.25, 0.3) is 5.19 Å². The van der Waals surface area contributed by atoms with E-state index in [4.69, 9.17) is 4.74 Å². The number of halogens is 1. The lowest BCUT2D eigenvalue weighted by Crippen LogP contribution is -1.81. The highest BCUT2D eigenvalue weighted by Gasteiger charge is 2.05. The van der Waals surface area contributed by atoms with Gasteiger partial charge < -0.3 is 4.74 Å². The van der Waals surface area contributed by atoms with Crippen LogP contribution in [-0.4, -0.2) is 4.98 Å². The van der Waals surface area contributed by atoms with Crippen molar-refractivity contribution in [1.29, 1.82) is 0 Å². The van der Waals surface area contributed by atoms with Crippen LogP contribution in [0.2, 0.25) is 0 Å². The van der Waals surface area contributed by atoms with E-state index in [1.54, 1.807) is 11.3 Å². The van der Waals surface area contributed by atoms with Gasteiger partial charge in [0.1, 0.15) is 5.75 Å². The predicted molar refractivity (Wildman–Crippen MR) is 73.8 cm³/mol. The number of ether oxygens (including phenoxy) is 1. The third-order valence-electron chi connectivity index (χ3n) is 2.28. The summed E-state index contributed by atoms with van der Waals surface area (Å²) in [5.41, 5.74) is 0.975. The van der Waals surface area contributed by atoms with Crippen molar-refractivity contribution in [3.8, 4) is 10.9 Å². The minimum atomic E-state index is 0.671. The number of para-hydroxylation sites is 1. The van der Waals surface area contributed by atoms with Crippen LogP contribution in [0.5, 0.6) is 10.9 Å². The zero-order valence-electron chi connectivity index (χ0n) is 8.76. The molecule has 1 aromatic heterocycles. The van der Waals surface area contributed by atoms with Gasteiger partial charge in [0.05, 0.1) is 10.2 Å². The maximum Gasteiger partial charge on any atom is 0.279 e. The number of thiazole rings is 1. The predicted octanol–water partition coefficient (Wildman–Crippen LogP) is 4.85. The zero-order valence-corrected chi connectivity index (χ0v) is 11.2. The lowest BCUT2D eigenvalue weighted by Gasteiger charge is -2.00. The Morgan fingerprint density at radius 3 is 2.76 bits per heavy atom. The molecule has 1 heterocycles. The molecule has 2 aromatic carbocycles. The number of hydrogen-bond donors (Lipinski definition) is 0. The SMILES string of the molecule is Brc1cccc(Oc2nc3ccccc3s2)c1. The molecule has 0 amide bonds. The fourth-order valence-electron chi connectivity index (χ4n) is 1.53. The molecule has 0 radical (unpaired) electrons. The molecule has 3 aromatic rings. The first kappa shape index (κ1) is 10.7. The minimum absolute atomic E-state index is 0.671. The lowest BCUT2D eigenvalue weighted by atomic mass is 10.3. The highest BCUT2D eigenvalue weighted by molar-refractivity contribution is 9.10. The summed E-state index contributed by atoms with van der Waals surface area (Å²) in [6, 6.07) is 15.7. The minimum Gasteiger partial charge on any atom is -0.431 e. The van der Waals surface area contributed by atoms with E-state index in [1.165, 1.54) is 0 Å². The number of aromatic nitrogens is 1. The van der Waals surface area contributed by atoms with Crippen molar-refractivity contribution >= 4 is 37.5 Å². The summed E-state index contributed by atoms with van der Waals surface area (Å²) in [6.07, 6.45) is 0. The number of fused-ring (bicyclic) bond motifs is 1. The van der Waals surface area contributed by atoms with Crippen molar-refractivity contribution in [2.24, 2.45) is 0 Å². The molecule has 3 rings (SSSR count). The van der Waals surface area contributed by atoms with Crippen LogP contribution in [0.15, 0.2) is 53.0 Å². The third-order valence-corrected chi connectivity index (χ3v) is 3.68. The zero-order chi connectivity index (χ0) is 11.7. The maximum atomic E-state index is 5.72. The van der Waals surface area contributed by atoms with Crippen LogP contribution in [0.3, 0.4) is 0 Å². The molecule has 0 atom stereocenters. The number of hydrogen-bond acceptors (Lipinski definition) is 3. The van der Waals surface area contributed by atoms with Crippen molar-refractivity contribution in [1.82, 2.24) is 4.98 Å². The van der Waals surface area contributed by atoms with E-state index in [0.717, 1.165) is 20.4 Å². The summed E-state index contributed by atoms with van der Waals surface area (Å²) in [6.45, 7) is 0. The van der Waals surface area contributed by atoms with Crippen molar-refractivity contribution in [2.75, 3.05) is 0 Å². The van der Waals surface area contributed by atoms with Crippen LogP contribution in [0.1, 0.15) is 0 Å². The summed E-state index contributed by atoms with van der Waals surface area (Å²) in [5, 5.41) is 0.671. The Labute approximate surface area is 111 Å². The second-order valence-electron chi connectivity index (χ2n) is 3.51. The molecule has 4 heteroatoms. The molecule has 17 heavy (non-hydrogen) atoms. The van der Waals surface area contributed by atoms with E-state index in [9.17, 15) is 0 Å². The van der Waals surface area contributed by atoms with E-state index in [-0.39, 0.29) is 0 Å². The Morgan fingerprint density at radius 2 is 1.94 bits per heavy atom. The first-order chi connectivity index (χ1) is 8.31. The molecule has 2 nitrogen and oxygen atoms in total. The Bertz CT molecular complexity index is 632. The van der Waals surface area contributed by atoms with Gasteiger partial charge in [-0.15, -0.1) is 0 Å². The fraction of sp³-hybridized carbons (Fsp3) is 0. The molecule has 0 bridgehead atoms. The molecule has 0 N–H and O–H groups in total. The molecular formula is C13H8BrNOS. The third kappa shape index (κ3) is 2.33. The monoisotopic (exact) mass is 305 g/mol. The quantitative estimate of drug-likeness (QED) is 0.675. The maximum absolute atomic E-state index is 5.72. The largest absolute Gasteiger partial charge is 0.431 e. The van der Waals surface area contributed by atoms with Gasteiger partial charge in [0.2, 0.25) is 0 Å². The van der Waals surface area contributed by atoms with E-state index >= 15 is 0 Å². The number of rotatable bonds is 2. The van der Waals surface area contributed by atoms with Gasteiger partial charge in [-0.1, -0.05) is 45.5 Å². The average Bonchev–Trinajstić information content (AvgIpc) is 2.71. The van der Waals surface area contributed by atoms with Gasteiger partial charge in [-0.25, -0.2) is 4.98 Å². The first-order valence-corrected chi connectivity index (χ1v) is 6.71. The molecule has 0 aliphatic heterocycles. The van der Waals surface area contributed by atoms with E-state index in [0.29, 0.717) is 5.19 Å². The summed E-state index contributed by atoms with van der Waals surface area (Å²) in [4.78, 5) is 4.42. The molecule has 0 aliphatic carbocycles. The smallest absolute Gasteiger partial charge is 0.279 e. The van der Waals surface area contributed by atoms with Gasteiger partial charge in [0, 0.05) is 4.47 Å². The Kier molecular flexibility index (Phi) is 2.82. The molecular weight excluding hydrogens is 298 g/mol. The normalized spacial score (nSPS) is 10.6. The van der Waals surface area contributed by atoms with Crippen molar-refractivity contribution in [2.45, 2.75) is 0 Å². The van der Waals surface area contributed by atoms with Crippen LogP contribution in [0.4, 0.5) is 0 Å². The highest BCUT2D eigenvalue weighted by Crippen LogP contribution is 2.31. The van der Waals surface area contributed by atoms with Crippen molar-refractivity contribution in [3.63, 3.8) is 0 Å². The summed E-state index contributed by atoms with van der Waals surface area (Å²) in [7, 11) is 0. The average molecular weight is 306 g/mol. The second kappa shape index (κ2) is 4.47. The van der Waals surface area contributed by atoms with Crippen LogP contribution in [-0.2, 0) is 0 Å². The molecule has 0 saturated carbocycles. The molecule has 0 saturated heterocycles.